The number of fused-ring (bicyclic) bond motifs is 1. The quantitative estimate of drug-likeness (QED) is 0.922. The fourth-order valence-electron chi connectivity index (χ4n) is 2.77. The summed E-state index contributed by atoms with van der Waals surface area (Å²) in [6.45, 7) is 4.92. The Bertz CT molecular complexity index is 652. The number of hydrogen-bond donors (Lipinski definition) is 1. The van der Waals surface area contributed by atoms with E-state index in [0.29, 0.717) is 0 Å². The molecule has 0 saturated heterocycles. The summed E-state index contributed by atoms with van der Waals surface area (Å²) >= 11 is 0. The van der Waals surface area contributed by atoms with Gasteiger partial charge in [-0.05, 0) is 37.6 Å². The standard InChI is InChI=1S/C18H21NO2/c1-12-6-4-5-7-16(12)19-11-15-10-18-14(8-13(2)21-18)9-17(15)20-3/h4-7,9-10,13,19H,8,11H2,1-3H3. The van der Waals surface area contributed by atoms with Crippen molar-refractivity contribution in [2.24, 2.45) is 0 Å². The SMILES string of the molecule is COc1cc2c(cc1CNc1ccccc1C)OC(C)C2. The van der Waals surface area contributed by atoms with Gasteiger partial charge in [-0.3, -0.25) is 0 Å². The minimum Gasteiger partial charge on any atom is -0.496 e. The highest BCUT2D eigenvalue weighted by Gasteiger charge is 2.21. The summed E-state index contributed by atoms with van der Waals surface area (Å²) in [5, 5.41) is 3.47. The summed E-state index contributed by atoms with van der Waals surface area (Å²) in [4.78, 5) is 0. The molecule has 1 heterocycles. The lowest BCUT2D eigenvalue weighted by atomic mass is 10.1. The van der Waals surface area contributed by atoms with Gasteiger partial charge in [0.1, 0.15) is 17.6 Å². The molecule has 1 atom stereocenters. The first-order valence-corrected chi connectivity index (χ1v) is 7.33. The summed E-state index contributed by atoms with van der Waals surface area (Å²) in [7, 11) is 1.72. The van der Waals surface area contributed by atoms with Gasteiger partial charge in [-0.2, -0.15) is 0 Å². The van der Waals surface area contributed by atoms with Crippen molar-refractivity contribution in [3.63, 3.8) is 0 Å². The topological polar surface area (TPSA) is 30.5 Å². The van der Waals surface area contributed by atoms with Gasteiger partial charge in [0, 0.05) is 29.8 Å². The van der Waals surface area contributed by atoms with E-state index < -0.39 is 0 Å². The molecule has 0 aromatic heterocycles. The van der Waals surface area contributed by atoms with E-state index in [9.17, 15) is 0 Å². The molecule has 3 rings (SSSR count). The predicted octanol–water partition coefficient (Wildman–Crippen LogP) is 3.94. The molecule has 3 heteroatoms. The zero-order valence-corrected chi connectivity index (χ0v) is 12.8. The average Bonchev–Trinajstić information content (AvgIpc) is 2.84. The third-order valence-corrected chi connectivity index (χ3v) is 3.91. The van der Waals surface area contributed by atoms with Crippen molar-refractivity contribution in [1.29, 1.82) is 0 Å². The molecule has 0 amide bonds. The normalized spacial score (nSPS) is 16.2. The molecule has 3 nitrogen and oxygen atoms in total. The van der Waals surface area contributed by atoms with E-state index in [1.165, 1.54) is 11.1 Å². The van der Waals surface area contributed by atoms with Gasteiger partial charge in [0.05, 0.1) is 7.11 Å². The highest BCUT2D eigenvalue weighted by atomic mass is 16.5. The Morgan fingerprint density at radius 1 is 1.29 bits per heavy atom. The van der Waals surface area contributed by atoms with Gasteiger partial charge in [-0.25, -0.2) is 0 Å². The minimum atomic E-state index is 0.254. The first-order valence-electron chi connectivity index (χ1n) is 7.33. The molecule has 0 spiro atoms. The molecule has 0 saturated carbocycles. The van der Waals surface area contributed by atoms with Crippen LogP contribution in [0.4, 0.5) is 5.69 Å². The van der Waals surface area contributed by atoms with Gasteiger partial charge >= 0.3 is 0 Å². The zero-order chi connectivity index (χ0) is 14.8. The second-order valence-corrected chi connectivity index (χ2v) is 5.57. The summed E-state index contributed by atoms with van der Waals surface area (Å²) in [5.74, 6) is 1.91. The first kappa shape index (κ1) is 13.8. The number of benzene rings is 2. The van der Waals surface area contributed by atoms with Crippen LogP contribution < -0.4 is 14.8 Å². The Kier molecular flexibility index (Phi) is 3.74. The van der Waals surface area contributed by atoms with Crippen molar-refractivity contribution in [3.8, 4) is 11.5 Å². The van der Waals surface area contributed by atoms with Crippen LogP contribution in [0, 0.1) is 6.92 Å². The molecular weight excluding hydrogens is 262 g/mol. The van der Waals surface area contributed by atoms with Crippen LogP contribution in [0.25, 0.3) is 0 Å². The van der Waals surface area contributed by atoms with Crippen molar-refractivity contribution < 1.29 is 9.47 Å². The van der Waals surface area contributed by atoms with Crippen molar-refractivity contribution >= 4 is 5.69 Å². The largest absolute Gasteiger partial charge is 0.496 e. The lowest BCUT2D eigenvalue weighted by Crippen LogP contribution is -2.05. The summed E-state index contributed by atoms with van der Waals surface area (Å²) < 4.78 is 11.4. The first-order chi connectivity index (χ1) is 10.2. The maximum Gasteiger partial charge on any atom is 0.124 e. The van der Waals surface area contributed by atoms with Crippen LogP contribution in [-0.2, 0) is 13.0 Å². The number of nitrogens with one attached hydrogen (secondary N) is 1. The lowest BCUT2D eigenvalue weighted by Gasteiger charge is -2.14. The van der Waals surface area contributed by atoms with Crippen LogP contribution in [0.5, 0.6) is 11.5 Å². The van der Waals surface area contributed by atoms with E-state index in [4.69, 9.17) is 9.47 Å². The van der Waals surface area contributed by atoms with Gasteiger partial charge < -0.3 is 14.8 Å². The number of methoxy groups -OCH3 is 1. The number of rotatable bonds is 4. The van der Waals surface area contributed by atoms with E-state index in [1.807, 2.05) is 12.1 Å². The van der Waals surface area contributed by atoms with Crippen LogP contribution in [0.1, 0.15) is 23.6 Å². The van der Waals surface area contributed by atoms with Gasteiger partial charge in [0.15, 0.2) is 0 Å². The monoisotopic (exact) mass is 283 g/mol. The summed E-state index contributed by atoms with van der Waals surface area (Å²) in [6, 6.07) is 12.5. The number of ether oxygens (including phenoxy) is 2. The van der Waals surface area contributed by atoms with Crippen molar-refractivity contribution in [1.82, 2.24) is 0 Å². The highest BCUT2D eigenvalue weighted by molar-refractivity contribution is 5.53. The van der Waals surface area contributed by atoms with Crippen LogP contribution in [0.2, 0.25) is 0 Å². The lowest BCUT2D eigenvalue weighted by molar-refractivity contribution is 0.254. The van der Waals surface area contributed by atoms with E-state index >= 15 is 0 Å². The van der Waals surface area contributed by atoms with Gasteiger partial charge in [0.2, 0.25) is 0 Å². The Morgan fingerprint density at radius 3 is 2.86 bits per heavy atom. The second-order valence-electron chi connectivity index (χ2n) is 5.57. The third kappa shape index (κ3) is 2.82. The molecule has 1 aliphatic rings. The van der Waals surface area contributed by atoms with E-state index in [2.05, 4.69) is 43.4 Å². The van der Waals surface area contributed by atoms with E-state index in [0.717, 1.165) is 35.7 Å². The molecular formula is C18H21NO2. The predicted molar refractivity (Wildman–Crippen MR) is 85.3 cm³/mol. The van der Waals surface area contributed by atoms with Crippen LogP contribution in [0.15, 0.2) is 36.4 Å². The van der Waals surface area contributed by atoms with Crippen molar-refractivity contribution in [2.75, 3.05) is 12.4 Å². The molecule has 21 heavy (non-hydrogen) atoms. The zero-order valence-electron chi connectivity index (χ0n) is 12.8. The van der Waals surface area contributed by atoms with Crippen molar-refractivity contribution in [2.45, 2.75) is 32.9 Å². The van der Waals surface area contributed by atoms with Crippen molar-refractivity contribution in [3.05, 3.63) is 53.1 Å². The molecule has 1 N–H and O–H groups in total. The Labute approximate surface area is 125 Å². The maximum absolute atomic E-state index is 5.84. The Morgan fingerprint density at radius 2 is 2.10 bits per heavy atom. The minimum absolute atomic E-state index is 0.254. The number of anilines is 1. The molecule has 1 aliphatic heterocycles. The highest BCUT2D eigenvalue weighted by Crippen LogP contribution is 2.35. The van der Waals surface area contributed by atoms with E-state index in [-0.39, 0.29) is 6.10 Å². The smallest absolute Gasteiger partial charge is 0.124 e. The molecule has 0 fully saturated rings. The van der Waals surface area contributed by atoms with Gasteiger partial charge in [0.25, 0.3) is 0 Å². The molecule has 0 radical (unpaired) electrons. The molecule has 2 aromatic carbocycles. The van der Waals surface area contributed by atoms with E-state index in [1.54, 1.807) is 7.11 Å². The average molecular weight is 283 g/mol. The number of aryl methyl sites for hydroxylation is 1. The molecule has 1 unspecified atom stereocenters. The Balaban J connectivity index is 1.82. The fraction of sp³-hybridized carbons (Fsp3) is 0.333. The second kappa shape index (κ2) is 5.68. The summed E-state index contributed by atoms with van der Waals surface area (Å²) in [5.41, 5.74) is 4.74. The molecule has 0 bridgehead atoms. The summed E-state index contributed by atoms with van der Waals surface area (Å²) in [6.07, 6.45) is 1.21. The van der Waals surface area contributed by atoms with Crippen LogP contribution >= 0.6 is 0 Å². The number of para-hydroxylation sites is 1. The fourth-order valence-corrected chi connectivity index (χ4v) is 2.77. The molecule has 0 aliphatic carbocycles. The Hall–Kier alpha value is -2.16. The van der Waals surface area contributed by atoms with Crippen LogP contribution in [0.3, 0.4) is 0 Å². The van der Waals surface area contributed by atoms with Crippen LogP contribution in [-0.4, -0.2) is 13.2 Å². The molecule has 110 valence electrons. The van der Waals surface area contributed by atoms with Gasteiger partial charge in [-0.1, -0.05) is 18.2 Å². The maximum atomic E-state index is 5.84. The number of hydrogen-bond acceptors (Lipinski definition) is 3. The van der Waals surface area contributed by atoms with Gasteiger partial charge in [-0.15, -0.1) is 0 Å². The molecule has 2 aromatic rings. The third-order valence-electron chi connectivity index (χ3n) is 3.91.